The molecule has 2 atom stereocenters. The minimum atomic E-state index is -2.75. The van der Waals surface area contributed by atoms with Crippen LogP contribution < -0.4 is 10.2 Å². The summed E-state index contributed by atoms with van der Waals surface area (Å²) in [5, 5.41) is 23.6. The standard InChI is InChI=1S/C30H28F2N8S/c1-41-26-5-2-19(3-6-26)15-39-24-9-25(39)18-38(17-24)28-7-4-20(12-35-28)27-8-21(22(10-33)13-36-30(31)32)16-40-29(27)23(11-34)14-37-40/h2-8,10,12-14,16,24-25,30,33,36H,9,15,17-18H2,1H3/b22-13+,33-10?. The molecule has 3 aliphatic rings. The summed E-state index contributed by atoms with van der Waals surface area (Å²) in [5.41, 5.74) is 4.53. The second-order valence-electron chi connectivity index (χ2n) is 10.2. The number of allylic oxidation sites excluding steroid dienone is 1. The Kier molecular flexibility index (Phi) is 7.43. The van der Waals surface area contributed by atoms with Gasteiger partial charge in [-0.3, -0.25) is 4.90 Å². The van der Waals surface area contributed by atoms with Crippen LogP contribution in [0, 0.1) is 16.7 Å². The van der Waals surface area contributed by atoms with Crippen LogP contribution in [0.4, 0.5) is 14.6 Å². The van der Waals surface area contributed by atoms with Crippen LogP contribution in [-0.4, -0.2) is 63.7 Å². The summed E-state index contributed by atoms with van der Waals surface area (Å²) in [7, 11) is 0. The van der Waals surface area contributed by atoms with Gasteiger partial charge in [-0.1, -0.05) is 12.1 Å². The summed E-state index contributed by atoms with van der Waals surface area (Å²) in [4.78, 5) is 11.0. The highest BCUT2D eigenvalue weighted by atomic mass is 32.2. The largest absolute Gasteiger partial charge is 0.353 e. The normalized spacial score (nSPS) is 18.8. The molecular weight excluding hydrogens is 542 g/mol. The van der Waals surface area contributed by atoms with Crippen molar-refractivity contribution in [1.29, 1.82) is 10.7 Å². The van der Waals surface area contributed by atoms with Crippen molar-refractivity contribution >= 4 is 34.9 Å². The number of rotatable bonds is 9. The van der Waals surface area contributed by atoms with E-state index in [2.05, 4.69) is 51.5 Å². The molecule has 2 N–H and O–H groups in total. The van der Waals surface area contributed by atoms with E-state index in [9.17, 15) is 14.0 Å². The molecule has 3 aliphatic heterocycles. The van der Waals surface area contributed by atoms with Gasteiger partial charge in [-0.15, -0.1) is 11.8 Å². The van der Waals surface area contributed by atoms with Crippen LogP contribution in [0.2, 0.25) is 0 Å². The van der Waals surface area contributed by atoms with Gasteiger partial charge in [0.25, 0.3) is 0 Å². The van der Waals surface area contributed by atoms with Gasteiger partial charge in [0.15, 0.2) is 0 Å². The third-order valence-corrected chi connectivity index (χ3v) is 8.58. The third-order valence-electron chi connectivity index (χ3n) is 7.84. The zero-order chi connectivity index (χ0) is 28.5. The molecule has 2 bridgehead atoms. The monoisotopic (exact) mass is 570 g/mol. The molecule has 0 aliphatic carbocycles. The molecule has 0 radical (unpaired) electrons. The Labute approximate surface area is 240 Å². The van der Waals surface area contributed by atoms with Gasteiger partial charge in [0.1, 0.15) is 11.9 Å². The fraction of sp³-hybridized carbons (Fsp3) is 0.267. The highest BCUT2D eigenvalue weighted by molar-refractivity contribution is 7.98. The van der Waals surface area contributed by atoms with E-state index in [1.54, 1.807) is 30.2 Å². The van der Waals surface area contributed by atoms with Crippen LogP contribution in [-0.2, 0) is 6.54 Å². The van der Waals surface area contributed by atoms with E-state index in [4.69, 9.17) is 10.4 Å². The molecule has 7 rings (SSSR count). The Bertz CT molecular complexity index is 1630. The summed E-state index contributed by atoms with van der Waals surface area (Å²) in [6, 6.07) is 17.7. The first-order valence-electron chi connectivity index (χ1n) is 13.2. The molecule has 208 valence electrons. The Hall–Kier alpha value is -4.27. The number of aromatic nitrogens is 3. The molecule has 0 spiro atoms. The van der Waals surface area contributed by atoms with Gasteiger partial charge in [-0.2, -0.15) is 19.1 Å². The number of hydrogen-bond donors (Lipinski definition) is 2. The van der Waals surface area contributed by atoms with Crippen LogP contribution in [0.1, 0.15) is 23.1 Å². The van der Waals surface area contributed by atoms with E-state index >= 15 is 0 Å². The molecule has 3 fully saturated rings. The Morgan fingerprint density at radius 3 is 2.61 bits per heavy atom. The van der Waals surface area contributed by atoms with Crippen molar-refractivity contribution < 1.29 is 8.78 Å². The number of pyridine rings is 2. The quantitative estimate of drug-likeness (QED) is 0.161. The molecule has 41 heavy (non-hydrogen) atoms. The number of anilines is 1. The van der Waals surface area contributed by atoms with Crippen LogP contribution in [0.15, 0.2) is 72.2 Å². The van der Waals surface area contributed by atoms with Crippen molar-refractivity contribution in [2.24, 2.45) is 0 Å². The number of thioether (sulfide) groups is 1. The van der Waals surface area contributed by atoms with Crippen LogP contribution in [0.5, 0.6) is 0 Å². The lowest BCUT2D eigenvalue weighted by atomic mass is 9.86. The van der Waals surface area contributed by atoms with Crippen molar-refractivity contribution in [1.82, 2.24) is 24.8 Å². The Morgan fingerprint density at radius 1 is 1.20 bits per heavy atom. The van der Waals surface area contributed by atoms with E-state index < -0.39 is 6.55 Å². The molecule has 3 aromatic heterocycles. The number of piperazine rings is 1. The first-order valence-corrected chi connectivity index (χ1v) is 14.5. The SMILES string of the molecule is CSc1ccc(CN2C3CC2CN(c2ccc(-c4cc(/C(C=N)=C/NC(F)F)cn5ncc(C#N)c45)cn2)C3)cc1. The topological polar surface area (TPSA) is 96.3 Å². The number of benzene rings is 1. The zero-order valence-corrected chi connectivity index (χ0v) is 23.2. The summed E-state index contributed by atoms with van der Waals surface area (Å²) in [5.74, 6) is 0.898. The van der Waals surface area contributed by atoms with Crippen LogP contribution in [0.25, 0.3) is 22.2 Å². The molecule has 8 nitrogen and oxygen atoms in total. The summed E-state index contributed by atoms with van der Waals surface area (Å²) >= 11 is 1.75. The molecule has 1 aromatic carbocycles. The predicted octanol–water partition coefficient (Wildman–Crippen LogP) is 5.26. The lowest BCUT2D eigenvalue weighted by Gasteiger charge is -2.56. The molecular formula is C30H28F2N8S. The van der Waals surface area contributed by atoms with Gasteiger partial charge in [-0.25, -0.2) is 9.50 Å². The van der Waals surface area contributed by atoms with Gasteiger partial charge in [0, 0.05) is 83.7 Å². The minimum absolute atomic E-state index is 0.254. The first-order chi connectivity index (χ1) is 20.0. The van der Waals surface area contributed by atoms with E-state index in [1.165, 1.54) is 27.6 Å². The maximum absolute atomic E-state index is 12.8. The van der Waals surface area contributed by atoms with Crippen molar-refractivity contribution in [3.05, 3.63) is 83.9 Å². The fourth-order valence-electron chi connectivity index (χ4n) is 5.75. The Balaban J connectivity index is 1.23. The number of nitrogens with zero attached hydrogens (tertiary/aromatic N) is 6. The van der Waals surface area contributed by atoms with Crippen molar-refractivity contribution in [3.8, 4) is 17.2 Å². The van der Waals surface area contributed by atoms with Crippen LogP contribution in [0.3, 0.4) is 0 Å². The predicted molar refractivity (Wildman–Crippen MR) is 157 cm³/mol. The summed E-state index contributed by atoms with van der Waals surface area (Å²) in [6.45, 7) is 0.0377. The number of hydrogen-bond acceptors (Lipinski definition) is 8. The molecule has 6 heterocycles. The average molecular weight is 571 g/mol. The van der Waals surface area contributed by atoms with Gasteiger partial charge >= 0.3 is 6.55 Å². The van der Waals surface area contributed by atoms with Crippen molar-refractivity contribution in [2.75, 3.05) is 24.2 Å². The van der Waals surface area contributed by atoms with E-state index in [0.29, 0.717) is 34.3 Å². The molecule has 0 saturated carbocycles. The molecule has 11 heteroatoms. The smallest absolute Gasteiger partial charge is 0.312 e. The first kappa shape index (κ1) is 26.9. The molecule has 3 saturated heterocycles. The third kappa shape index (κ3) is 5.28. The lowest BCUT2D eigenvalue weighted by Crippen LogP contribution is -2.68. The van der Waals surface area contributed by atoms with Gasteiger partial charge < -0.3 is 15.6 Å². The fourth-order valence-corrected chi connectivity index (χ4v) is 6.16. The zero-order valence-electron chi connectivity index (χ0n) is 22.3. The number of alkyl halides is 2. The maximum atomic E-state index is 12.8. The average Bonchev–Trinajstić information content (AvgIpc) is 3.43. The molecule has 0 amide bonds. The lowest BCUT2D eigenvalue weighted by molar-refractivity contribution is -0.00869. The van der Waals surface area contributed by atoms with Crippen LogP contribution >= 0.6 is 11.8 Å². The van der Waals surface area contributed by atoms with Gasteiger partial charge in [0.05, 0.1) is 17.3 Å². The second-order valence-corrected chi connectivity index (χ2v) is 11.1. The number of fused-ring (bicyclic) bond motifs is 3. The van der Waals surface area contributed by atoms with E-state index in [0.717, 1.165) is 43.4 Å². The van der Waals surface area contributed by atoms with E-state index in [-0.39, 0.29) is 5.57 Å². The summed E-state index contributed by atoms with van der Waals surface area (Å²) in [6.07, 6.45) is 10.3. The van der Waals surface area contributed by atoms with Crippen molar-refractivity contribution in [2.45, 2.75) is 36.5 Å². The highest BCUT2D eigenvalue weighted by Crippen LogP contribution is 2.36. The number of piperidine rings is 1. The molecule has 2 unspecified atom stereocenters. The highest BCUT2D eigenvalue weighted by Gasteiger charge is 2.44. The summed E-state index contributed by atoms with van der Waals surface area (Å²) < 4.78 is 27.1. The number of halogens is 2. The van der Waals surface area contributed by atoms with Crippen molar-refractivity contribution in [3.63, 3.8) is 0 Å². The number of nitrogens with one attached hydrogen (secondary N) is 2. The molecule has 4 aromatic rings. The Morgan fingerprint density at radius 2 is 1.98 bits per heavy atom. The van der Waals surface area contributed by atoms with Gasteiger partial charge in [0.2, 0.25) is 0 Å². The van der Waals surface area contributed by atoms with Gasteiger partial charge in [-0.05, 0) is 48.6 Å². The second kappa shape index (κ2) is 11.3. The van der Waals surface area contributed by atoms with E-state index in [1.807, 2.05) is 17.4 Å². The number of nitriles is 1. The maximum Gasteiger partial charge on any atom is 0.312 e. The minimum Gasteiger partial charge on any atom is -0.353 e.